The second-order valence-electron chi connectivity index (χ2n) is 7.26. The lowest BCUT2D eigenvalue weighted by atomic mass is 9.80. The molecule has 0 amide bonds. The molecule has 3 N–H and O–H groups in total. The Kier molecular flexibility index (Phi) is 4.56. The van der Waals surface area contributed by atoms with Gasteiger partial charge in [-0.3, -0.25) is 11.3 Å². The first-order valence-electron chi connectivity index (χ1n) is 7.62. The summed E-state index contributed by atoms with van der Waals surface area (Å²) in [6, 6.07) is 0.306. The van der Waals surface area contributed by atoms with Crippen molar-refractivity contribution in [2.45, 2.75) is 83.1 Å². The third-order valence-corrected chi connectivity index (χ3v) is 4.67. The molecular weight excluding hydrogens is 240 g/mol. The van der Waals surface area contributed by atoms with E-state index in [9.17, 15) is 0 Å². The van der Waals surface area contributed by atoms with Gasteiger partial charge in [0.25, 0.3) is 0 Å². The molecule has 0 radical (unpaired) electrons. The molecule has 2 aliphatic rings. The van der Waals surface area contributed by atoms with Crippen LogP contribution in [0.25, 0.3) is 0 Å². The number of hydrogen-bond donors (Lipinski definition) is 2. The Hall–Kier alpha value is -0.160. The van der Waals surface area contributed by atoms with Gasteiger partial charge in [0, 0.05) is 18.6 Å². The van der Waals surface area contributed by atoms with Crippen LogP contribution in [0, 0.1) is 5.92 Å². The molecule has 0 saturated carbocycles. The van der Waals surface area contributed by atoms with Crippen LogP contribution in [-0.2, 0) is 9.47 Å². The summed E-state index contributed by atoms with van der Waals surface area (Å²) in [5.74, 6) is 6.25. The van der Waals surface area contributed by atoms with Gasteiger partial charge in [0.15, 0.2) is 0 Å². The fourth-order valence-electron chi connectivity index (χ4n) is 3.87. The van der Waals surface area contributed by atoms with Crippen molar-refractivity contribution in [2.75, 3.05) is 6.61 Å². The number of hydrogen-bond acceptors (Lipinski definition) is 4. The van der Waals surface area contributed by atoms with Gasteiger partial charge in [0.05, 0.1) is 17.3 Å². The maximum Gasteiger partial charge on any atom is 0.0678 e. The highest BCUT2D eigenvalue weighted by molar-refractivity contribution is 4.99. The van der Waals surface area contributed by atoms with E-state index in [1.165, 1.54) is 12.8 Å². The second-order valence-corrected chi connectivity index (χ2v) is 7.26. The van der Waals surface area contributed by atoms with Crippen molar-refractivity contribution in [2.24, 2.45) is 11.8 Å². The van der Waals surface area contributed by atoms with Gasteiger partial charge in [-0.2, -0.15) is 0 Å². The van der Waals surface area contributed by atoms with Crippen LogP contribution < -0.4 is 11.3 Å². The van der Waals surface area contributed by atoms with Gasteiger partial charge in [0.1, 0.15) is 0 Å². The fraction of sp³-hybridized carbons (Fsp3) is 1.00. The largest absolute Gasteiger partial charge is 0.378 e. The van der Waals surface area contributed by atoms with Gasteiger partial charge in [-0.1, -0.05) is 0 Å². The molecule has 0 aliphatic carbocycles. The molecule has 112 valence electrons. The van der Waals surface area contributed by atoms with Gasteiger partial charge in [-0.25, -0.2) is 0 Å². The molecule has 0 aromatic rings. The number of hydrazine groups is 1. The van der Waals surface area contributed by atoms with Crippen LogP contribution in [0.3, 0.4) is 0 Å². The van der Waals surface area contributed by atoms with E-state index >= 15 is 0 Å². The van der Waals surface area contributed by atoms with E-state index in [0.29, 0.717) is 18.1 Å². The molecule has 0 bridgehead atoms. The Bertz CT molecular complexity index is 299. The van der Waals surface area contributed by atoms with Gasteiger partial charge >= 0.3 is 0 Å². The van der Waals surface area contributed by atoms with Crippen molar-refractivity contribution in [3.05, 3.63) is 0 Å². The molecule has 0 aromatic heterocycles. The molecule has 2 saturated heterocycles. The second kappa shape index (κ2) is 5.68. The number of rotatable bonds is 5. The zero-order valence-electron chi connectivity index (χ0n) is 12.9. The summed E-state index contributed by atoms with van der Waals surface area (Å²) in [5.41, 5.74) is 2.86. The van der Waals surface area contributed by atoms with Gasteiger partial charge in [0.2, 0.25) is 0 Å². The minimum atomic E-state index is -0.114. The number of nitrogens with two attached hydrogens (primary N) is 1. The van der Waals surface area contributed by atoms with Crippen LogP contribution in [0.15, 0.2) is 0 Å². The van der Waals surface area contributed by atoms with Crippen LogP contribution in [0.2, 0.25) is 0 Å². The summed E-state index contributed by atoms with van der Waals surface area (Å²) in [7, 11) is 0. The van der Waals surface area contributed by atoms with Crippen LogP contribution in [0.4, 0.5) is 0 Å². The highest BCUT2D eigenvalue weighted by atomic mass is 16.5. The Balaban J connectivity index is 1.92. The summed E-state index contributed by atoms with van der Waals surface area (Å²) in [5, 5.41) is 0. The van der Waals surface area contributed by atoms with Gasteiger partial charge in [-0.05, 0) is 59.8 Å². The maximum absolute atomic E-state index is 6.18. The summed E-state index contributed by atoms with van der Waals surface area (Å²) < 4.78 is 11.9. The summed E-state index contributed by atoms with van der Waals surface area (Å²) >= 11 is 0. The minimum absolute atomic E-state index is 0.0485. The maximum atomic E-state index is 6.18. The van der Waals surface area contributed by atoms with E-state index in [2.05, 4.69) is 33.1 Å². The molecule has 0 spiro atoms. The van der Waals surface area contributed by atoms with Crippen LogP contribution in [-0.4, -0.2) is 30.0 Å². The Morgan fingerprint density at radius 2 is 2.05 bits per heavy atom. The summed E-state index contributed by atoms with van der Waals surface area (Å²) in [6.45, 7) is 9.63. The van der Waals surface area contributed by atoms with Crippen LogP contribution >= 0.6 is 0 Å². The van der Waals surface area contributed by atoms with Gasteiger partial charge < -0.3 is 9.47 Å². The van der Waals surface area contributed by atoms with E-state index < -0.39 is 0 Å². The Labute approximate surface area is 117 Å². The normalized spacial score (nSPS) is 34.6. The molecular formula is C15H30N2O2. The number of ether oxygens (including phenoxy) is 2. The van der Waals surface area contributed by atoms with E-state index in [0.717, 1.165) is 25.9 Å². The van der Waals surface area contributed by atoms with E-state index in [1.807, 2.05) is 0 Å². The topological polar surface area (TPSA) is 56.5 Å². The molecule has 2 rings (SSSR count). The van der Waals surface area contributed by atoms with Crippen molar-refractivity contribution in [3.8, 4) is 0 Å². The predicted octanol–water partition coefficient (Wildman–Crippen LogP) is 2.37. The molecule has 3 unspecified atom stereocenters. The minimum Gasteiger partial charge on any atom is -0.378 e. The van der Waals surface area contributed by atoms with Gasteiger partial charge in [-0.15, -0.1) is 0 Å². The predicted molar refractivity (Wildman–Crippen MR) is 76.7 cm³/mol. The fourth-order valence-corrected chi connectivity index (χ4v) is 3.87. The van der Waals surface area contributed by atoms with E-state index in [4.69, 9.17) is 15.3 Å². The van der Waals surface area contributed by atoms with Crippen molar-refractivity contribution in [3.63, 3.8) is 0 Å². The van der Waals surface area contributed by atoms with Crippen LogP contribution in [0.1, 0.15) is 59.8 Å². The van der Waals surface area contributed by atoms with Crippen molar-refractivity contribution in [1.82, 2.24) is 5.43 Å². The zero-order valence-corrected chi connectivity index (χ0v) is 12.9. The lowest BCUT2D eigenvalue weighted by Crippen LogP contribution is -2.47. The molecule has 2 aliphatic heterocycles. The average Bonchev–Trinajstić information content (AvgIpc) is 2.86. The zero-order chi connectivity index (χ0) is 14.1. The Morgan fingerprint density at radius 3 is 2.53 bits per heavy atom. The van der Waals surface area contributed by atoms with Crippen molar-refractivity contribution < 1.29 is 9.47 Å². The van der Waals surface area contributed by atoms with Crippen molar-refractivity contribution >= 4 is 0 Å². The number of nitrogens with one attached hydrogen (secondary N) is 1. The smallest absolute Gasteiger partial charge is 0.0678 e. The quantitative estimate of drug-likeness (QED) is 0.595. The molecule has 19 heavy (non-hydrogen) atoms. The molecule has 4 nitrogen and oxygen atoms in total. The highest BCUT2D eigenvalue weighted by Crippen LogP contribution is 2.44. The first kappa shape index (κ1) is 15.2. The first-order chi connectivity index (χ1) is 8.84. The SMILES string of the molecule is CC1(C)CC(C(CCC2CCCO2)NN)C(C)(C)O1. The lowest BCUT2D eigenvalue weighted by molar-refractivity contribution is -0.0782. The third kappa shape index (κ3) is 3.69. The lowest BCUT2D eigenvalue weighted by Gasteiger charge is -2.33. The average molecular weight is 270 g/mol. The standard InChI is InChI=1S/C15H30N2O2/c1-14(2)10-12(15(3,4)19-14)13(17-16)8-7-11-6-5-9-18-11/h11-13,17H,5-10,16H2,1-4H3. The van der Waals surface area contributed by atoms with E-state index in [-0.39, 0.29) is 11.2 Å². The van der Waals surface area contributed by atoms with E-state index in [1.54, 1.807) is 0 Å². The van der Waals surface area contributed by atoms with Crippen molar-refractivity contribution in [1.29, 1.82) is 0 Å². The molecule has 2 heterocycles. The van der Waals surface area contributed by atoms with Crippen LogP contribution in [0.5, 0.6) is 0 Å². The third-order valence-electron chi connectivity index (χ3n) is 4.67. The summed E-state index contributed by atoms with van der Waals surface area (Å²) in [6.07, 6.45) is 6.06. The first-order valence-corrected chi connectivity index (χ1v) is 7.62. The molecule has 4 heteroatoms. The monoisotopic (exact) mass is 270 g/mol. The Morgan fingerprint density at radius 1 is 1.32 bits per heavy atom. The summed E-state index contributed by atoms with van der Waals surface area (Å²) in [4.78, 5) is 0. The molecule has 3 atom stereocenters. The highest BCUT2D eigenvalue weighted by Gasteiger charge is 2.48. The molecule has 0 aromatic carbocycles. The molecule has 2 fully saturated rings.